The van der Waals surface area contributed by atoms with E-state index in [0.717, 1.165) is 0 Å². The van der Waals surface area contributed by atoms with E-state index in [1.54, 1.807) is 19.9 Å². The quantitative estimate of drug-likeness (QED) is 0.700. The molecular weight excluding hydrogens is 196 g/mol. The average molecular weight is 210 g/mol. The van der Waals surface area contributed by atoms with E-state index in [1.165, 1.54) is 6.20 Å². The van der Waals surface area contributed by atoms with E-state index < -0.39 is 6.04 Å². The fourth-order valence-corrected chi connectivity index (χ4v) is 1.00. The van der Waals surface area contributed by atoms with Gasteiger partial charge in [-0.25, -0.2) is 9.78 Å². The second-order valence-corrected chi connectivity index (χ2v) is 2.92. The van der Waals surface area contributed by atoms with Gasteiger partial charge in [0, 0.05) is 6.20 Å². The molecule has 0 aliphatic rings. The van der Waals surface area contributed by atoms with Gasteiger partial charge >= 0.3 is 5.97 Å². The Morgan fingerprint density at radius 3 is 3.07 bits per heavy atom. The molecule has 0 aromatic carbocycles. The predicted octanol–water partition coefficient (Wildman–Crippen LogP) is 0.422. The number of nitrogens with two attached hydrogens (primary N) is 1. The summed E-state index contributed by atoms with van der Waals surface area (Å²) >= 11 is 0. The Balaban J connectivity index is 2.58. The zero-order chi connectivity index (χ0) is 11.3. The van der Waals surface area contributed by atoms with Crippen LogP contribution in [0.4, 0.5) is 11.8 Å². The molecule has 0 amide bonds. The number of esters is 1. The molecule has 1 atom stereocenters. The summed E-state index contributed by atoms with van der Waals surface area (Å²) in [6, 6.07) is 1.17. The van der Waals surface area contributed by atoms with Gasteiger partial charge < -0.3 is 15.8 Å². The highest BCUT2D eigenvalue weighted by Gasteiger charge is 2.13. The zero-order valence-corrected chi connectivity index (χ0v) is 8.73. The normalized spacial score (nSPS) is 11.9. The minimum absolute atomic E-state index is 0.163. The summed E-state index contributed by atoms with van der Waals surface area (Å²) in [6.07, 6.45) is 1.52. The molecule has 82 valence electrons. The number of nitrogens with one attached hydrogen (secondary N) is 1. The number of ether oxygens (including phenoxy) is 1. The number of rotatable bonds is 4. The van der Waals surface area contributed by atoms with Crippen molar-refractivity contribution in [1.29, 1.82) is 0 Å². The maximum Gasteiger partial charge on any atom is 0.328 e. The lowest BCUT2D eigenvalue weighted by molar-refractivity contribution is -0.143. The number of carbonyl (C=O) groups is 1. The summed E-state index contributed by atoms with van der Waals surface area (Å²) in [5, 5.41) is 2.86. The van der Waals surface area contributed by atoms with Gasteiger partial charge in [-0.05, 0) is 19.9 Å². The van der Waals surface area contributed by atoms with Crippen molar-refractivity contribution in [1.82, 2.24) is 9.97 Å². The molecule has 6 nitrogen and oxygen atoms in total. The molecule has 0 saturated heterocycles. The molecule has 1 heterocycles. The zero-order valence-electron chi connectivity index (χ0n) is 8.73. The highest BCUT2D eigenvalue weighted by atomic mass is 16.5. The van der Waals surface area contributed by atoms with E-state index in [1.807, 2.05) is 0 Å². The number of aromatic nitrogens is 2. The van der Waals surface area contributed by atoms with Gasteiger partial charge in [-0.15, -0.1) is 0 Å². The van der Waals surface area contributed by atoms with Gasteiger partial charge in [-0.1, -0.05) is 0 Å². The van der Waals surface area contributed by atoms with E-state index in [2.05, 4.69) is 15.3 Å². The fraction of sp³-hybridized carbons (Fsp3) is 0.444. The highest BCUT2D eigenvalue weighted by molar-refractivity contribution is 5.78. The smallest absolute Gasteiger partial charge is 0.328 e. The van der Waals surface area contributed by atoms with Crippen molar-refractivity contribution in [3.8, 4) is 0 Å². The third kappa shape index (κ3) is 3.41. The van der Waals surface area contributed by atoms with Crippen LogP contribution in [0.2, 0.25) is 0 Å². The highest BCUT2D eigenvalue weighted by Crippen LogP contribution is 2.05. The first kappa shape index (κ1) is 11.2. The van der Waals surface area contributed by atoms with E-state index in [4.69, 9.17) is 10.5 Å². The van der Waals surface area contributed by atoms with Crippen LogP contribution in [-0.2, 0) is 9.53 Å². The first-order valence-corrected chi connectivity index (χ1v) is 4.65. The van der Waals surface area contributed by atoms with E-state index in [9.17, 15) is 4.79 Å². The van der Waals surface area contributed by atoms with Gasteiger partial charge in [0.15, 0.2) is 0 Å². The Kier molecular flexibility index (Phi) is 3.84. The third-order valence-electron chi connectivity index (χ3n) is 1.68. The molecule has 1 aromatic heterocycles. The molecule has 0 spiro atoms. The molecule has 0 fully saturated rings. The third-order valence-corrected chi connectivity index (χ3v) is 1.68. The largest absolute Gasteiger partial charge is 0.464 e. The van der Waals surface area contributed by atoms with E-state index in [-0.39, 0.29) is 11.9 Å². The summed E-state index contributed by atoms with van der Waals surface area (Å²) in [5.41, 5.74) is 5.39. The number of anilines is 2. The van der Waals surface area contributed by atoms with Crippen molar-refractivity contribution in [2.24, 2.45) is 0 Å². The summed E-state index contributed by atoms with van der Waals surface area (Å²) < 4.78 is 4.83. The van der Waals surface area contributed by atoms with Gasteiger partial charge in [-0.2, -0.15) is 4.98 Å². The number of nitrogen functional groups attached to an aromatic ring is 1. The van der Waals surface area contributed by atoms with Crippen molar-refractivity contribution in [2.45, 2.75) is 19.9 Å². The van der Waals surface area contributed by atoms with Crippen molar-refractivity contribution < 1.29 is 9.53 Å². The summed E-state index contributed by atoms with van der Waals surface area (Å²) in [6.45, 7) is 3.81. The maximum absolute atomic E-state index is 11.3. The Morgan fingerprint density at radius 2 is 2.47 bits per heavy atom. The fourth-order valence-electron chi connectivity index (χ4n) is 1.00. The lowest BCUT2D eigenvalue weighted by Crippen LogP contribution is -2.28. The van der Waals surface area contributed by atoms with Crippen LogP contribution in [0.15, 0.2) is 12.3 Å². The van der Waals surface area contributed by atoms with Crippen LogP contribution in [-0.4, -0.2) is 28.6 Å². The van der Waals surface area contributed by atoms with Crippen molar-refractivity contribution in [3.63, 3.8) is 0 Å². The SMILES string of the molecule is CCOC(=O)C(C)Nc1ccnc(N)n1. The molecule has 0 aliphatic carbocycles. The van der Waals surface area contributed by atoms with Gasteiger partial charge in [0.05, 0.1) is 6.61 Å². The van der Waals surface area contributed by atoms with Crippen LogP contribution in [0.1, 0.15) is 13.8 Å². The van der Waals surface area contributed by atoms with Crippen molar-refractivity contribution in [2.75, 3.05) is 17.7 Å². The minimum Gasteiger partial charge on any atom is -0.464 e. The summed E-state index contributed by atoms with van der Waals surface area (Å²) in [7, 11) is 0. The first-order valence-electron chi connectivity index (χ1n) is 4.65. The van der Waals surface area contributed by atoms with Gasteiger partial charge in [0.1, 0.15) is 11.9 Å². The van der Waals surface area contributed by atoms with Crippen LogP contribution in [0.25, 0.3) is 0 Å². The summed E-state index contributed by atoms with van der Waals surface area (Å²) in [4.78, 5) is 18.9. The predicted molar refractivity (Wildman–Crippen MR) is 56.2 cm³/mol. The molecule has 0 saturated carbocycles. The second kappa shape index (κ2) is 5.14. The molecule has 0 radical (unpaired) electrons. The molecule has 3 N–H and O–H groups in total. The molecule has 0 aliphatic heterocycles. The first-order chi connectivity index (χ1) is 7.13. The van der Waals surface area contributed by atoms with E-state index >= 15 is 0 Å². The minimum atomic E-state index is -0.459. The Morgan fingerprint density at radius 1 is 1.73 bits per heavy atom. The lowest BCUT2D eigenvalue weighted by atomic mass is 10.3. The number of hydrogen-bond donors (Lipinski definition) is 2. The van der Waals surface area contributed by atoms with Crippen LogP contribution in [0.3, 0.4) is 0 Å². The standard InChI is InChI=1S/C9H14N4O2/c1-3-15-8(14)6(2)12-7-4-5-11-9(10)13-7/h4-6H,3H2,1-2H3,(H3,10,11,12,13). The second-order valence-electron chi connectivity index (χ2n) is 2.92. The van der Waals surface area contributed by atoms with Crippen LogP contribution < -0.4 is 11.1 Å². The van der Waals surface area contributed by atoms with Gasteiger partial charge in [0.25, 0.3) is 0 Å². The average Bonchev–Trinajstić information content (AvgIpc) is 2.18. The molecular formula is C9H14N4O2. The van der Waals surface area contributed by atoms with Gasteiger partial charge in [-0.3, -0.25) is 0 Å². The van der Waals surface area contributed by atoms with Crippen molar-refractivity contribution >= 4 is 17.7 Å². The molecule has 15 heavy (non-hydrogen) atoms. The number of nitrogens with zero attached hydrogens (tertiary/aromatic N) is 2. The van der Waals surface area contributed by atoms with E-state index in [0.29, 0.717) is 12.4 Å². The van der Waals surface area contributed by atoms with Crippen LogP contribution >= 0.6 is 0 Å². The molecule has 6 heteroatoms. The molecule has 1 aromatic rings. The van der Waals surface area contributed by atoms with Crippen LogP contribution in [0.5, 0.6) is 0 Å². The monoisotopic (exact) mass is 210 g/mol. The Hall–Kier alpha value is -1.85. The number of carbonyl (C=O) groups excluding carboxylic acids is 1. The number of hydrogen-bond acceptors (Lipinski definition) is 6. The van der Waals surface area contributed by atoms with Crippen molar-refractivity contribution in [3.05, 3.63) is 12.3 Å². The summed E-state index contributed by atoms with van der Waals surface area (Å²) in [5.74, 6) is 0.341. The topological polar surface area (TPSA) is 90.1 Å². The van der Waals surface area contributed by atoms with Gasteiger partial charge in [0.2, 0.25) is 5.95 Å². The maximum atomic E-state index is 11.3. The molecule has 0 bridgehead atoms. The lowest BCUT2D eigenvalue weighted by Gasteiger charge is -2.12. The Bertz CT molecular complexity index is 343. The van der Waals surface area contributed by atoms with Crippen LogP contribution in [0, 0.1) is 0 Å². The molecule has 1 rings (SSSR count). The Labute approximate surface area is 87.9 Å². The molecule has 1 unspecified atom stereocenters.